The number of rotatable bonds is 5. The summed E-state index contributed by atoms with van der Waals surface area (Å²) in [5.41, 5.74) is 1.92. The van der Waals surface area contributed by atoms with Crippen molar-refractivity contribution >= 4 is 5.91 Å². The molecule has 2 saturated heterocycles. The number of hydrogen-bond donors (Lipinski definition) is 1. The van der Waals surface area contributed by atoms with Crippen LogP contribution in [0.1, 0.15) is 50.0 Å². The number of piperidine rings is 1. The van der Waals surface area contributed by atoms with Crippen molar-refractivity contribution in [1.82, 2.24) is 20.0 Å². The third kappa shape index (κ3) is 4.50. The Kier molecular flexibility index (Phi) is 5.59. The van der Waals surface area contributed by atoms with Gasteiger partial charge in [-0.3, -0.25) is 14.4 Å². The van der Waals surface area contributed by atoms with Crippen LogP contribution in [0.15, 0.2) is 23.9 Å². The van der Waals surface area contributed by atoms with Crippen LogP contribution >= 0.6 is 0 Å². The van der Waals surface area contributed by atoms with Crippen LogP contribution in [-0.4, -0.2) is 58.5 Å². The van der Waals surface area contributed by atoms with E-state index in [1.807, 2.05) is 7.05 Å². The Morgan fingerprint density at radius 1 is 1.44 bits per heavy atom. The molecular weight excluding hydrogens is 316 g/mol. The largest absolute Gasteiger partial charge is 0.370 e. The second-order valence-electron chi connectivity index (χ2n) is 7.46. The summed E-state index contributed by atoms with van der Waals surface area (Å²) >= 11 is 0. The molecular formula is C19H30N4O2. The normalized spacial score (nSPS) is 24.0. The van der Waals surface area contributed by atoms with E-state index in [1.54, 1.807) is 16.9 Å². The van der Waals surface area contributed by atoms with Gasteiger partial charge in [0.05, 0.1) is 11.7 Å². The molecule has 0 saturated carbocycles. The summed E-state index contributed by atoms with van der Waals surface area (Å²) in [6, 6.07) is 1.73. The number of carbonyl (C=O) groups excluding carboxylic acids is 1. The molecule has 1 aromatic heterocycles. The standard InChI is InChI=1S/C19H30N4O2/c1-4-15(2)14-23-11-8-19(9-12-23)7-5-16(25-19)13-20-18(24)17-6-10-22(3)21-17/h4,6,10,16H,5,7-9,11-14H2,1-3H3,(H,20,24). The van der Waals surface area contributed by atoms with E-state index in [2.05, 4.69) is 35.2 Å². The Hall–Kier alpha value is -1.66. The number of allylic oxidation sites excluding steroid dienone is 1. The average molecular weight is 346 g/mol. The zero-order chi connectivity index (χ0) is 17.9. The van der Waals surface area contributed by atoms with Crippen LogP contribution in [0.4, 0.5) is 0 Å². The number of hydrogen-bond acceptors (Lipinski definition) is 4. The second kappa shape index (κ2) is 7.70. The van der Waals surface area contributed by atoms with E-state index in [0.29, 0.717) is 12.2 Å². The van der Waals surface area contributed by atoms with Crippen LogP contribution < -0.4 is 5.32 Å². The van der Waals surface area contributed by atoms with Gasteiger partial charge in [-0.25, -0.2) is 0 Å². The first-order valence-electron chi connectivity index (χ1n) is 9.29. The monoisotopic (exact) mass is 346 g/mol. The molecule has 0 aromatic carbocycles. The Balaban J connectivity index is 1.44. The minimum Gasteiger partial charge on any atom is -0.370 e. The van der Waals surface area contributed by atoms with Crippen LogP contribution in [0.3, 0.4) is 0 Å². The first kappa shape index (κ1) is 18.1. The minimum absolute atomic E-state index is 0.0285. The van der Waals surface area contributed by atoms with E-state index >= 15 is 0 Å². The van der Waals surface area contributed by atoms with Crippen molar-refractivity contribution in [1.29, 1.82) is 0 Å². The fraction of sp³-hybridized carbons (Fsp3) is 0.684. The van der Waals surface area contributed by atoms with Gasteiger partial charge in [-0.1, -0.05) is 11.6 Å². The molecule has 25 heavy (non-hydrogen) atoms. The van der Waals surface area contributed by atoms with Gasteiger partial charge >= 0.3 is 0 Å². The molecule has 2 aliphatic heterocycles. The molecule has 3 heterocycles. The molecule has 6 nitrogen and oxygen atoms in total. The highest BCUT2D eigenvalue weighted by Crippen LogP contribution is 2.38. The molecule has 1 spiro atoms. The highest BCUT2D eigenvalue weighted by Gasteiger charge is 2.42. The molecule has 1 aromatic rings. The van der Waals surface area contributed by atoms with Gasteiger partial charge in [-0.05, 0) is 45.6 Å². The zero-order valence-corrected chi connectivity index (χ0v) is 15.6. The predicted octanol–water partition coefficient (Wildman–Crippen LogP) is 2.13. The molecule has 6 heteroatoms. The number of likely N-dealkylation sites (tertiary alicyclic amines) is 1. The number of nitrogens with one attached hydrogen (secondary N) is 1. The van der Waals surface area contributed by atoms with Crippen molar-refractivity contribution in [3.8, 4) is 0 Å². The fourth-order valence-corrected chi connectivity index (χ4v) is 3.80. The molecule has 1 atom stereocenters. The third-order valence-electron chi connectivity index (χ3n) is 5.51. The lowest BCUT2D eigenvalue weighted by Crippen LogP contribution is -2.45. The van der Waals surface area contributed by atoms with E-state index in [0.717, 1.165) is 45.3 Å². The zero-order valence-electron chi connectivity index (χ0n) is 15.6. The Labute approximate surface area is 150 Å². The summed E-state index contributed by atoms with van der Waals surface area (Å²) in [4.78, 5) is 14.6. The van der Waals surface area contributed by atoms with Crippen LogP contribution in [0.2, 0.25) is 0 Å². The van der Waals surface area contributed by atoms with Gasteiger partial charge in [0.1, 0.15) is 5.69 Å². The van der Waals surface area contributed by atoms with E-state index in [-0.39, 0.29) is 17.6 Å². The Morgan fingerprint density at radius 3 is 2.84 bits per heavy atom. The van der Waals surface area contributed by atoms with Crippen LogP contribution in [0.25, 0.3) is 0 Å². The van der Waals surface area contributed by atoms with E-state index < -0.39 is 0 Å². The SMILES string of the molecule is CC=C(C)CN1CCC2(CCC(CNC(=O)c3ccn(C)n3)O2)CC1. The summed E-state index contributed by atoms with van der Waals surface area (Å²) in [6.07, 6.45) is 8.40. The summed E-state index contributed by atoms with van der Waals surface area (Å²) in [6.45, 7) is 8.12. The van der Waals surface area contributed by atoms with Crippen molar-refractivity contribution in [2.45, 2.75) is 51.2 Å². The van der Waals surface area contributed by atoms with Crippen molar-refractivity contribution in [3.63, 3.8) is 0 Å². The van der Waals surface area contributed by atoms with Crippen molar-refractivity contribution in [3.05, 3.63) is 29.6 Å². The fourth-order valence-electron chi connectivity index (χ4n) is 3.80. The molecule has 2 aliphatic rings. The maximum absolute atomic E-state index is 12.1. The summed E-state index contributed by atoms with van der Waals surface area (Å²) in [5, 5.41) is 7.09. The maximum Gasteiger partial charge on any atom is 0.271 e. The molecule has 1 N–H and O–H groups in total. The second-order valence-corrected chi connectivity index (χ2v) is 7.46. The molecule has 1 amide bonds. The molecule has 138 valence electrons. The van der Waals surface area contributed by atoms with E-state index in [1.165, 1.54) is 5.57 Å². The van der Waals surface area contributed by atoms with Crippen LogP contribution in [-0.2, 0) is 11.8 Å². The third-order valence-corrected chi connectivity index (χ3v) is 5.51. The molecule has 2 fully saturated rings. The van der Waals surface area contributed by atoms with Gasteiger partial charge in [0, 0.05) is 39.4 Å². The van der Waals surface area contributed by atoms with Crippen LogP contribution in [0.5, 0.6) is 0 Å². The van der Waals surface area contributed by atoms with Crippen molar-refractivity contribution in [2.75, 3.05) is 26.2 Å². The lowest BCUT2D eigenvalue weighted by Gasteiger charge is -2.39. The summed E-state index contributed by atoms with van der Waals surface area (Å²) in [5.74, 6) is -0.123. The van der Waals surface area contributed by atoms with Gasteiger partial charge in [0.15, 0.2) is 0 Å². The van der Waals surface area contributed by atoms with Gasteiger partial charge in [0.25, 0.3) is 5.91 Å². The molecule has 0 bridgehead atoms. The molecule has 0 aliphatic carbocycles. The lowest BCUT2D eigenvalue weighted by atomic mass is 9.88. The van der Waals surface area contributed by atoms with Crippen molar-refractivity contribution in [2.24, 2.45) is 7.05 Å². The molecule has 0 radical (unpaired) electrons. The van der Waals surface area contributed by atoms with Crippen molar-refractivity contribution < 1.29 is 9.53 Å². The lowest BCUT2D eigenvalue weighted by molar-refractivity contribution is -0.0743. The average Bonchev–Trinajstić information content (AvgIpc) is 3.22. The summed E-state index contributed by atoms with van der Waals surface area (Å²) < 4.78 is 8.02. The first-order valence-corrected chi connectivity index (χ1v) is 9.29. The minimum atomic E-state index is -0.123. The van der Waals surface area contributed by atoms with Crippen LogP contribution in [0, 0.1) is 0 Å². The number of aryl methyl sites for hydroxylation is 1. The van der Waals surface area contributed by atoms with E-state index in [4.69, 9.17) is 4.74 Å². The molecule has 3 rings (SSSR count). The van der Waals surface area contributed by atoms with E-state index in [9.17, 15) is 4.79 Å². The number of nitrogens with zero attached hydrogens (tertiary/aromatic N) is 3. The number of amides is 1. The van der Waals surface area contributed by atoms with Gasteiger partial charge in [-0.2, -0.15) is 5.10 Å². The van der Waals surface area contributed by atoms with Gasteiger partial charge in [-0.15, -0.1) is 0 Å². The predicted molar refractivity (Wildman–Crippen MR) is 97.5 cm³/mol. The summed E-state index contributed by atoms with van der Waals surface area (Å²) in [7, 11) is 1.81. The number of ether oxygens (including phenoxy) is 1. The maximum atomic E-state index is 12.1. The Morgan fingerprint density at radius 2 is 2.20 bits per heavy atom. The van der Waals surface area contributed by atoms with Gasteiger partial charge in [0.2, 0.25) is 0 Å². The number of carbonyl (C=O) groups is 1. The first-order chi connectivity index (χ1) is 12.0. The Bertz CT molecular complexity index is 629. The smallest absolute Gasteiger partial charge is 0.271 e. The number of aromatic nitrogens is 2. The highest BCUT2D eigenvalue weighted by molar-refractivity contribution is 5.92. The topological polar surface area (TPSA) is 59.4 Å². The van der Waals surface area contributed by atoms with Gasteiger partial charge < -0.3 is 10.1 Å². The highest BCUT2D eigenvalue weighted by atomic mass is 16.5. The quantitative estimate of drug-likeness (QED) is 0.830. The molecule has 1 unspecified atom stereocenters.